The van der Waals surface area contributed by atoms with Crippen molar-refractivity contribution in [3.63, 3.8) is 0 Å². The number of halogens is 2. The van der Waals surface area contributed by atoms with Crippen molar-refractivity contribution in [1.82, 2.24) is 10.2 Å². The molecule has 0 radical (unpaired) electrons. The first-order valence-electron chi connectivity index (χ1n) is 11.2. The van der Waals surface area contributed by atoms with Crippen molar-refractivity contribution in [1.29, 1.82) is 0 Å². The lowest BCUT2D eigenvalue weighted by atomic mass is 10.2. The number of anilines is 2. The van der Waals surface area contributed by atoms with Gasteiger partial charge in [0, 0.05) is 48.6 Å². The number of ether oxygens (including phenoxy) is 1. The van der Waals surface area contributed by atoms with Gasteiger partial charge in [0.05, 0.1) is 17.1 Å². The molecular formula is C26H26Br2N4O2S. The van der Waals surface area contributed by atoms with E-state index in [4.69, 9.17) is 17.0 Å². The SMILES string of the molecule is COc1c(Br)cc(Br)cc1C(=O)NC(=S)Nc1ccc(N2CCN(Cc3ccccc3)CC2)cc1. The fourth-order valence-electron chi connectivity index (χ4n) is 4.03. The number of amides is 1. The lowest BCUT2D eigenvalue weighted by molar-refractivity contribution is 0.0974. The second-order valence-corrected chi connectivity index (χ2v) is 10.4. The van der Waals surface area contributed by atoms with Crippen LogP contribution in [-0.4, -0.2) is 49.2 Å². The number of benzene rings is 3. The third-order valence-electron chi connectivity index (χ3n) is 5.80. The molecule has 0 spiro atoms. The van der Waals surface area contributed by atoms with Gasteiger partial charge in [-0.05, 0) is 70.1 Å². The molecule has 2 N–H and O–H groups in total. The van der Waals surface area contributed by atoms with Crippen molar-refractivity contribution in [2.24, 2.45) is 0 Å². The molecule has 9 heteroatoms. The predicted octanol–water partition coefficient (Wildman–Crippen LogP) is 5.67. The van der Waals surface area contributed by atoms with Crippen LogP contribution in [-0.2, 0) is 6.54 Å². The molecule has 1 aliphatic rings. The van der Waals surface area contributed by atoms with Crippen LogP contribution in [0, 0.1) is 0 Å². The molecular weight excluding hydrogens is 592 g/mol. The fourth-order valence-corrected chi connectivity index (χ4v) is 5.63. The molecule has 0 unspecified atom stereocenters. The number of nitrogens with zero attached hydrogens (tertiary/aromatic N) is 2. The van der Waals surface area contributed by atoms with Gasteiger partial charge in [0.15, 0.2) is 5.11 Å². The Bertz CT molecular complexity index is 1180. The van der Waals surface area contributed by atoms with Crippen molar-refractivity contribution in [3.8, 4) is 5.75 Å². The molecule has 3 aromatic rings. The molecule has 1 aliphatic heterocycles. The highest BCUT2D eigenvalue weighted by Gasteiger charge is 2.19. The van der Waals surface area contributed by atoms with Crippen molar-refractivity contribution in [2.75, 3.05) is 43.5 Å². The molecule has 0 aromatic heterocycles. The Morgan fingerprint density at radius 3 is 2.34 bits per heavy atom. The minimum atomic E-state index is -0.355. The molecule has 3 aromatic carbocycles. The molecule has 0 atom stereocenters. The molecule has 1 heterocycles. The number of carbonyl (C=O) groups is 1. The Labute approximate surface area is 227 Å². The molecule has 35 heavy (non-hydrogen) atoms. The number of rotatable bonds is 6. The second-order valence-electron chi connectivity index (χ2n) is 8.17. The zero-order valence-corrected chi connectivity index (χ0v) is 23.2. The average molecular weight is 618 g/mol. The maximum absolute atomic E-state index is 12.8. The van der Waals surface area contributed by atoms with Crippen LogP contribution < -0.4 is 20.3 Å². The summed E-state index contributed by atoms with van der Waals surface area (Å²) >= 11 is 12.2. The summed E-state index contributed by atoms with van der Waals surface area (Å²) < 4.78 is 6.79. The first-order chi connectivity index (χ1) is 16.9. The summed E-state index contributed by atoms with van der Waals surface area (Å²) in [6.07, 6.45) is 0. The Hall–Kier alpha value is -2.46. The lowest BCUT2D eigenvalue weighted by Gasteiger charge is -2.36. The van der Waals surface area contributed by atoms with Crippen LogP contribution in [0.2, 0.25) is 0 Å². The summed E-state index contributed by atoms with van der Waals surface area (Å²) in [7, 11) is 1.52. The molecule has 182 valence electrons. The quantitative estimate of drug-likeness (QED) is 0.348. The maximum Gasteiger partial charge on any atom is 0.261 e. The summed E-state index contributed by atoms with van der Waals surface area (Å²) in [5.74, 6) is 0.0908. The van der Waals surface area contributed by atoms with E-state index in [1.165, 1.54) is 18.4 Å². The van der Waals surface area contributed by atoms with Crippen molar-refractivity contribution >= 4 is 66.5 Å². The van der Waals surface area contributed by atoms with Gasteiger partial charge < -0.3 is 15.0 Å². The van der Waals surface area contributed by atoms with Crippen LogP contribution >= 0.6 is 44.1 Å². The number of hydrogen-bond acceptors (Lipinski definition) is 5. The van der Waals surface area contributed by atoms with E-state index in [0.29, 0.717) is 15.8 Å². The van der Waals surface area contributed by atoms with E-state index in [0.717, 1.165) is 42.9 Å². The molecule has 1 amide bonds. The summed E-state index contributed by atoms with van der Waals surface area (Å²) in [6.45, 7) is 5.01. The summed E-state index contributed by atoms with van der Waals surface area (Å²) in [5, 5.41) is 6.02. The molecule has 0 aliphatic carbocycles. The lowest BCUT2D eigenvalue weighted by Crippen LogP contribution is -2.45. The van der Waals surface area contributed by atoms with Crippen molar-refractivity contribution < 1.29 is 9.53 Å². The zero-order chi connectivity index (χ0) is 24.8. The maximum atomic E-state index is 12.8. The standard InChI is InChI=1S/C26H26Br2N4O2S/c1-34-24-22(15-19(27)16-23(24)28)25(33)30-26(35)29-20-7-9-21(10-8-20)32-13-11-31(12-14-32)17-18-5-3-2-4-6-18/h2-10,15-16H,11-14,17H2,1H3,(H2,29,30,33,35). The summed E-state index contributed by atoms with van der Waals surface area (Å²) in [5.41, 5.74) is 3.71. The predicted molar refractivity (Wildman–Crippen MR) is 152 cm³/mol. The second kappa shape index (κ2) is 12.0. The number of piperazine rings is 1. The summed E-state index contributed by atoms with van der Waals surface area (Å²) in [6, 6.07) is 22.2. The van der Waals surface area contributed by atoms with Gasteiger partial charge in [0.25, 0.3) is 5.91 Å². The fraction of sp³-hybridized carbons (Fsp3) is 0.231. The first kappa shape index (κ1) is 25.6. The van der Waals surface area contributed by atoms with Crippen LogP contribution in [0.15, 0.2) is 75.7 Å². The van der Waals surface area contributed by atoms with Gasteiger partial charge >= 0.3 is 0 Å². The van der Waals surface area contributed by atoms with Gasteiger partial charge in [0.1, 0.15) is 5.75 Å². The third-order valence-corrected chi connectivity index (χ3v) is 7.05. The number of methoxy groups -OCH3 is 1. The zero-order valence-electron chi connectivity index (χ0n) is 19.3. The number of nitrogens with one attached hydrogen (secondary N) is 2. The highest BCUT2D eigenvalue weighted by molar-refractivity contribution is 9.11. The highest BCUT2D eigenvalue weighted by Crippen LogP contribution is 2.32. The Balaban J connectivity index is 1.29. The third kappa shape index (κ3) is 6.82. The van der Waals surface area contributed by atoms with E-state index >= 15 is 0 Å². The van der Waals surface area contributed by atoms with E-state index in [-0.39, 0.29) is 11.0 Å². The minimum Gasteiger partial charge on any atom is -0.495 e. The van der Waals surface area contributed by atoms with Crippen LogP contribution in [0.3, 0.4) is 0 Å². The van der Waals surface area contributed by atoms with Gasteiger partial charge in [-0.2, -0.15) is 0 Å². The van der Waals surface area contributed by atoms with Gasteiger partial charge in [-0.1, -0.05) is 46.3 Å². The molecule has 0 bridgehead atoms. The van der Waals surface area contributed by atoms with E-state index in [1.54, 1.807) is 6.07 Å². The summed E-state index contributed by atoms with van der Waals surface area (Å²) in [4.78, 5) is 17.6. The largest absolute Gasteiger partial charge is 0.495 e. The minimum absolute atomic E-state index is 0.218. The van der Waals surface area contributed by atoms with Crippen LogP contribution in [0.1, 0.15) is 15.9 Å². The Morgan fingerprint density at radius 1 is 1.00 bits per heavy atom. The van der Waals surface area contributed by atoms with Crippen LogP contribution in [0.4, 0.5) is 11.4 Å². The topological polar surface area (TPSA) is 56.8 Å². The molecule has 0 saturated carbocycles. The van der Waals surface area contributed by atoms with E-state index in [2.05, 4.69) is 94.8 Å². The molecule has 1 fully saturated rings. The van der Waals surface area contributed by atoms with Gasteiger partial charge in [-0.15, -0.1) is 0 Å². The average Bonchev–Trinajstić information content (AvgIpc) is 2.85. The smallest absolute Gasteiger partial charge is 0.261 e. The van der Waals surface area contributed by atoms with E-state index < -0.39 is 0 Å². The Morgan fingerprint density at radius 2 is 1.69 bits per heavy atom. The normalized spacial score (nSPS) is 13.9. The highest BCUT2D eigenvalue weighted by atomic mass is 79.9. The van der Waals surface area contributed by atoms with Gasteiger partial charge in [-0.3, -0.25) is 15.0 Å². The van der Waals surface area contributed by atoms with Gasteiger partial charge in [-0.25, -0.2) is 0 Å². The number of hydrogen-bond donors (Lipinski definition) is 2. The van der Waals surface area contributed by atoms with Crippen LogP contribution in [0.5, 0.6) is 5.75 Å². The first-order valence-corrected chi connectivity index (χ1v) is 13.2. The van der Waals surface area contributed by atoms with Crippen LogP contribution in [0.25, 0.3) is 0 Å². The Kier molecular flexibility index (Phi) is 8.78. The van der Waals surface area contributed by atoms with E-state index in [1.807, 2.05) is 18.2 Å². The monoisotopic (exact) mass is 616 g/mol. The molecule has 4 rings (SSSR count). The van der Waals surface area contributed by atoms with E-state index in [9.17, 15) is 4.79 Å². The van der Waals surface area contributed by atoms with Crippen molar-refractivity contribution in [2.45, 2.75) is 6.54 Å². The number of thiocarbonyl (C=S) groups is 1. The molecule has 1 saturated heterocycles. The van der Waals surface area contributed by atoms with Gasteiger partial charge in [0.2, 0.25) is 0 Å². The van der Waals surface area contributed by atoms with Crippen molar-refractivity contribution in [3.05, 3.63) is 86.8 Å². The molecule has 6 nitrogen and oxygen atoms in total. The number of carbonyl (C=O) groups excluding carboxylic acids is 1.